The molecule has 1 aromatic carbocycles. The molecular weight excluding hydrogens is 444 g/mol. The van der Waals surface area contributed by atoms with Gasteiger partial charge in [0.05, 0.1) is 17.3 Å². The lowest BCUT2D eigenvalue weighted by molar-refractivity contribution is -0.126. The molecule has 0 bridgehead atoms. The molecule has 0 aliphatic carbocycles. The molecule has 0 unspecified atom stereocenters. The van der Waals surface area contributed by atoms with Gasteiger partial charge in [-0.15, -0.1) is 22.7 Å². The number of amides is 1. The van der Waals surface area contributed by atoms with Crippen LogP contribution in [0.25, 0.3) is 17.3 Å². The SMILES string of the molecule is COc1ccc(-n2c(=O)/c(=C/c3cccs3)s/c2=C(/C#N)C(=O)N2CCN(C)CC2)cc1. The zero-order valence-electron chi connectivity index (χ0n) is 17.8. The number of thiophene rings is 1. The number of methoxy groups -OCH3 is 1. The van der Waals surface area contributed by atoms with Crippen molar-refractivity contribution in [2.45, 2.75) is 0 Å². The number of piperazine rings is 1. The largest absolute Gasteiger partial charge is 0.497 e. The first kappa shape index (κ1) is 22.0. The van der Waals surface area contributed by atoms with Crippen LogP contribution in [-0.2, 0) is 4.79 Å². The van der Waals surface area contributed by atoms with Crippen LogP contribution in [0, 0.1) is 11.3 Å². The number of carbonyl (C=O) groups excluding carboxylic acids is 1. The highest BCUT2D eigenvalue weighted by Gasteiger charge is 2.25. The molecule has 3 aromatic rings. The van der Waals surface area contributed by atoms with Gasteiger partial charge in [-0.05, 0) is 48.8 Å². The zero-order valence-corrected chi connectivity index (χ0v) is 19.4. The van der Waals surface area contributed by atoms with Crippen molar-refractivity contribution < 1.29 is 9.53 Å². The third kappa shape index (κ3) is 4.39. The minimum atomic E-state index is -0.341. The van der Waals surface area contributed by atoms with E-state index in [9.17, 15) is 14.9 Å². The number of nitrogens with zero attached hydrogens (tertiary/aromatic N) is 4. The van der Waals surface area contributed by atoms with Gasteiger partial charge in [0.1, 0.15) is 16.5 Å². The van der Waals surface area contributed by atoms with Crippen molar-refractivity contribution in [2.75, 3.05) is 40.3 Å². The summed E-state index contributed by atoms with van der Waals surface area (Å²) < 4.78 is 7.49. The lowest BCUT2D eigenvalue weighted by atomic mass is 10.2. The molecular formula is C23H22N4O3S2. The van der Waals surface area contributed by atoms with Crippen LogP contribution in [0.15, 0.2) is 46.6 Å². The Labute approximate surface area is 193 Å². The summed E-state index contributed by atoms with van der Waals surface area (Å²) in [5.74, 6) is 0.314. The summed E-state index contributed by atoms with van der Waals surface area (Å²) in [4.78, 5) is 31.4. The predicted molar refractivity (Wildman–Crippen MR) is 127 cm³/mol. The fourth-order valence-corrected chi connectivity index (χ4v) is 5.29. The quantitative estimate of drug-likeness (QED) is 0.578. The molecule has 0 N–H and O–H groups in total. The minimum absolute atomic E-state index is 0.0155. The maximum atomic E-state index is 13.4. The third-order valence-corrected chi connectivity index (χ3v) is 7.21. The number of ether oxygens (including phenoxy) is 1. The van der Waals surface area contributed by atoms with Gasteiger partial charge >= 0.3 is 0 Å². The van der Waals surface area contributed by atoms with Crippen LogP contribution in [-0.4, -0.2) is 60.6 Å². The van der Waals surface area contributed by atoms with Gasteiger partial charge in [-0.3, -0.25) is 14.2 Å². The first-order valence-electron chi connectivity index (χ1n) is 10.1. The summed E-state index contributed by atoms with van der Waals surface area (Å²) in [5, 5.41) is 11.9. The molecule has 1 saturated heterocycles. The smallest absolute Gasteiger partial charge is 0.273 e. The summed E-state index contributed by atoms with van der Waals surface area (Å²) in [7, 11) is 3.58. The van der Waals surface area contributed by atoms with Crippen LogP contribution in [0.2, 0.25) is 0 Å². The Morgan fingerprint density at radius 2 is 1.88 bits per heavy atom. The van der Waals surface area contributed by atoms with Crippen molar-refractivity contribution in [3.63, 3.8) is 0 Å². The summed E-state index contributed by atoms with van der Waals surface area (Å²) in [5.41, 5.74) is 0.299. The summed E-state index contributed by atoms with van der Waals surface area (Å²) in [6, 6.07) is 12.9. The molecule has 32 heavy (non-hydrogen) atoms. The Kier molecular flexibility index (Phi) is 6.55. The van der Waals surface area contributed by atoms with Gasteiger partial charge in [-0.1, -0.05) is 6.07 Å². The van der Waals surface area contributed by atoms with Crippen molar-refractivity contribution in [1.82, 2.24) is 14.4 Å². The van der Waals surface area contributed by atoms with E-state index in [-0.39, 0.29) is 17.0 Å². The number of thiazole rings is 1. The zero-order chi connectivity index (χ0) is 22.7. The van der Waals surface area contributed by atoms with Crippen LogP contribution < -0.4 is 19.5 Å². The fraction of sp³-hybridized carbons (Fsp3) is 0.261. The van der Waals surface area contributed by atoms with Crippen molar-refractivity contribution in [2.24, 2.45) is 0 Å². The van der Waals surface area contributed by atoms with Gasteiger partial charge in [0.2, 0.25) is 0 Å². The van der Waals surface area contributed by atoms with Crippen molar-refractivity contribution >= 4 is 40.2 Å². The molecule has 2 aromatic heterocycles. The Bertz CT molecular complexity index is 1320. The van der Waals surface area contributed by atoms with E-state index in [1.165, 1.54) is 27.2 Å². The minimum Gasteiger partial charge on any atom is -0.497 e. The second kappa shape index (κ2) is 9.53. The van der Waals surface area contributed by atoms with Gasteiger partial charge in [0.15, 0.2) is 5.57 Å². The second-order valence-corrected chi connectivity index (χ2v) is 9.36. The van der Waals surface area contributed by atoms with Crippen LogP contribution in [0.4, 0.5) is 0 Å². The van der Waals surface area contributed by atoms with Gasteiger partial charge in [0, 0.05) is 31.1 Å². The molecule has 1 aliphatic rings. The molecule has 0 saturated carbocycles. The molecule has 0 radical (unpaired) electrons. The molecule has 0 atom stereocenters. The van der Waals surface area contributed by atoms with Crippen molar-refractivity contribution in [3.05, 3.63) is 66.2 Å². The highest BCUT2D eigenvalue weighted by molar-refractivity contribution is 7.11. The molecule has 1 fully saturated rings. The second-order valence-electron chi connectivity index (χ2n) is 7.35. The van der Waals surface area contributed by atoms with Gasteiger partial charge < -0.3 is 14.5 Å². The van der Waals surface area contributed by atoms with Crippen LogP contribution in [0.1, 0.15) is 4.88 Å². The van der Waals surface area contributed by atoms with E-state index in [2.05, 4.69) is 11.0 Å². The molecule has 1 aliphatic heterocycles. The number of hydrogen-bond donors (Lipinski definition) is 0. The van der Waals surface area contributed by atoms with Gasteiger partial charge in [-0.2, -0.15) is 5.26 Å². The predicted octanol–water partition coefficient (Wildman–Crippen LogP) is 1.25. The number of nitriles is 1. The van der Waals surface area contributed by atoms with E-state index in [0.29, 0.717) is 33.7 Å². The Morgan fingerprint density at radius 1 is 1.16 bits per heavy atom. The van der Waals surface area contributed by atoms with Crippen molar-refractivity contribution in [1.29, 1.82) is 5.26 Å². The Hall–Kier alpha value is -3.19. The monoisotopic (exact) mass is 466 g/mol. The number of hydrogen-bond acceptors (Lipinski definition) is 7. The van der Waals surface area contributed by atoms with E-state index in [1.54, 1.807) is 42.4 Å². The third-order valence-electron chi connectivity index (χ3n) is 5.30. The molecule has 9 heteroatoms. The van der Waals surface area contributed by atoms with E-state index in [4.69, 9.17) is 4.74 Å². The number of aromatic nitrogens is 1. The molecule has 0 spiro atoms. The van der Waals surface area contributed by atoms with Crippen LogP contribution in [0.3, 0.4) is 0 Å². The summed E-state index contributed by atoms with van der Waals surface area (Å²) in [6.07, 6.45) is 1.80. The maximum Gasteiger partial charge on any atom is 0.273 e. The Morgan fingerprint density at radius 3 is 2.47 bits per heavy atom. The average Bonchev–Trinajstić information content (AvgIpc) is 3.43. The van der Waals surface area contributed by atoms with Gasteiger partial charge in [0.25, 0.3) is 11.5 Å². The highest BCUT2D eigenvalue weighted by atomic mass is 32.1. The topological polar surface area (TPSA) is 78.6 Å². The highest BCUT2D eigenvalue weighted by Crippen LogP contribution is 2.14. The number of likely N-dealkylation sites (N-methyl/N-ethyl adjacent to an activating group) is 1. The van der Waals surface area contributed by atoms with E-state index >= 15 is 0 Å². The molecule has 3 heterocycles. The van der Waals surface area contributed by atoms with E-state index in [0.717, 1.165) is 18.0 Å². The van der Waals surface area contributed by atoms with Crippen molar-refractivity contribution in [3.8, 4) is 17.5 Å². The van der Waals surface area contributed by atoms with Crippen LogP contribution >= 0.6 is 22.7 Å². The molecule has 4 rings (SSSR count). The first-order chi connectivity index (χ1) is 15.5. The van der Waals surface area contributed by atoms with E-state index in [1.807, 2.05) is 24.6 Å². The van der Waals surface area contributed by atoms with Gasteiger partial charge in [-0.25, -0.2) is 0 Å². The number of rotatable bonds is 4. The first-order valence-corrected chi connectivity index (χ1v) is 11.7. The molecule has 7 nitrogen and oxygen atoms in total. The lowest BCUT2D eigenvalue weighted by Gasteiger charge is -2.32. The number of benzene rings is 1. The van der Waals surface area contributed by atoms with Crippen LogP contribution in [0.5, 0.6) is 5.75 Å². The number of carbonyl (C=O) groups is 1. The fourth-order valence-electron chi connectivity index (χ4n) is 3.47. The average molecular weight is 467 g/mol. The molecule has 164 valence electrons. The standard InChI is InChI=1S/C23H22N4O3S2/c1-25-9-11-26(12-10-25)21(28)19(15-24)23-27(16-5-7-17(30-2)8-6-16)22(29)20(32-23)14-18-4-3-13-31-18/h3-8,13-14H,9-12H2,1-2H3/b20-14-,23-19-. The Balaban J connectivity index is 1.93. The maximum absolute atomic E-state index is 13.4. The summed E-state index contributed by atoms with van der Waals surface area (Å²) in [6.45, 7) is 2.59. The summed E-state index contributed by atoms with van der Waals surface area (Å²) >= 11 is 2.69. The lowest BCUT2D eigenvalue weighted by Crippen LogP contribution is -2.48. The molecule has 1 amide bonds. The normalized spacial score (nSPS) is 16.0. The van der Waals surface area contributed by atoms with E-state index < -0.39 is 0 Å².